The van der Waals surface area contributed by atoms with E-state index in [4.69, 9.17) is 37.4 Å². The predicted octanol–water partition coefficient (Wildman–Crippen LogP) is 7.50. The number of methoxy groups -OCH3 is 1. The zero-order valence-electron chi connectivity index (χ0n) is 23.8. The highest BCUT2D eigenvalue weighted by Crippen LogP contribution is 2.38. The van der Waals surface area contributed by atoms with Crippen molar-refractivity contribution >= 4 is 74.4 Å². The number of ether oxygens (including phenoxy) is 3. The number of benzene rings is 4. The molecule has 0 aromatic heterocycles. The molecule has 234 valence electrons. The molecule has 0 bridgehead atoms. The summed E-state index contributed by atoms with van der Waals surface area (Å²) in [6.07, 6.45) is 1.32. The van der Waals surface area contributed by atoms with Crippen molar-refractivity contribution in [1.29, 1.82) is 0 Å². The molecule has 1 N–H and O–H groups in total. The van der Waals surface area contributed by atoms with Gasteiger partial charge in [-0.25, -0.2) is 9.69 Å². The maximum absolute atomic E-state index is 13.5. The molecule has 1 heterocycles. The molecule has 0 atom stereocenters. The van der Waals surface area contributed by atoms with E-state index in [0.717, 1.165) is 10.5 Å². The van der Waals surface area contributed by atoms with Gasteiger partial charge in [0.25, 0.3) is 17.5 Å². The van der Waals surface area contributed by atoms with Crippen LogP contribution in [0.2, 0.25) is 10.0 Å². The number of halogens is 3. The molecular weight excluding hydrogens is 705 g/mol. The van der Waals surface area contributed by atoms with Gasteiger partial charge in [0.15, 0.2) is 11.5 Å². The highest BCUT2D eigenvalue weighted by Gasteiger charge is 2.37. The van der Waals surface area contributed by atoms with Gasteiger partial charge in [-0.3, -0.25) is 25.0 Å². The van der Waals surface area contributed by atoms with Crippen molar-refractivity contribution in [3.63, 3.8) is 0 Å². The van der Waals surface area contributed by atoms with Gasteiger partial charge < -0.3 is 14.2 Å². The van der Waals surface area contributed by atoms with Crippen LogP contribution in [-0.4, -0.2) is 29.9 Å². The molecule has 4 aromatic rings. The SMILES string of the molecule is COc1cc(/C=C2\C(=O)NC(=O)N(c3ccc(OCc4ccc(Cl)cc4Cl)cc3)C2=O)cc(Br)c1OCc1cccc([N+](=O)[O-])c1. The lowest BCUT2D eigenvalue weighted by Gasteiger charge is -2.26. The molecule has 46 heavy (non-hydrogen) atoms. The van der Waals surface area contributed by atoms with Gasteiger partial charge in [-0.2, -0.15) is 0 Å². The van der Waals surface area contributed by atoms with E-state index >= 15 is 0 Å². The molecule has 0 spiro atoms. The Balaban J connectivity index is 1.33. The molecule has 14 heteroatoms. The maximum Gasteiger partial charge on any atom is 0.335 e. The summed E-state index contributed by atoms with van der Waals surface area (Å²) in [5.74, 6) is -0.688. The molecule has 1 aliphatic heterocycles. The van der Waals surface area contributed by atoms with E-state index in [1.54, 1.807) is 54.6 Å². The van der Waals surface area contributed by atoms with Crippen molar-refractivity contribution in [3.8, 4) is 17.2 Å². The Hall–Kier alpha value is -4.91. The molecule has 1 aliphatic rings. The van der Waals surface area contributed by atoms with Gasteiger partial charge in [0, 0.05) is 27.7 Å². The third-order valence-electron chi connectivity index (χ3n) is 6.67. The number of nitro groups is 1. The number of nitrogens with one attached hydrogen (secondary N) is 1. The Morgan fingerprint density at radius 1 is 0.957 bits per heavy atom. The van der Waals surface area contributed by atoms with Gasteiger partial charge in [0.05, 0.1) is 22.2 Å². The Morgan fingerprint density at radius 2 is 1.72 bits per heavy atom. The van der Waals surface area contributed by atoms with Crippen molar-refractivity contribution in [1.82, 2.24) is 5.32 Å². The number of rotatable bonds is 10. The van der Waals surface area contributed by atoms with Gasteiger partial charge in [-0.05, 0) is 81.7 Å². The number of hydrogen-bond acceptors (Lipinski definition) is 8. The average Bonchev–Trinajstić information content (AvgIpc) is 3.02. The number of urea groups is 1. The predicted molar refractivity (Wildman–Crippen MR) is 174 cm³/mol. The molecule has 0 radical (unpaired) electrons. The highest BCUT2D eigenvalue weighted by atomic mass is 79.9. The minimum atomic E-state index is -0.905. The number of imide groups is 2. The van der Waals surface area contributed by atoms with Crippen molar-refractivity contribution in [2.75, 3.05) is 12.0 Å². The van der Waals surface area contributed by atoms with Crippen LogP contribution in [0.1, 0.15) is 16.7 Å². The largest absolute Gasteiger partial charge is 0.493 e. The first-order valence-electron chi connectivity index (χ1n) is 13.4. The zero-order valence-corrected chi connectivity index (χ0v) is 26.9. The fraction of sp³-hybridized carbons (Fsp3) is 0.0938. The van der Waals surface area contributed by atoms with Gasteiger partial charge in [0.2, 0.25) is 0 Å². The Morgan fingerprint density at radius 3 is 2.41 bits per heavy atom. The van der Waals surface area contributed by atoms with Crippen LogP contribution in [-0.2, 0) is 22.8 Å². The Labute approximate surface area is 280 Å². The van der Waals surface area contributed by atoms with E-state index in [9.17, 15) is 24.5 Å². The number of anilines is 1. The highest BCUT2D eigenvalue weighted by molar-refractivity contribution is 9.10. The van der Waals surface area contributed by atoms with Crippen molar-refractivity contribution in [3.05, 3.63) is 126 Å². The smallest absolute Gasteiger partial charge is 0.335 e. The quantitative estimate of drug-likeness (QED) is 0.0768. The molecule has 4 amide bonds. The van der Waals surface area contributed by atoms with Gasteiger partial charge in [0.1, 0.15) is 24.5 Å². The lowest BCUT2D eigenvalue weighted by Crippen LogP contribution is -2.54. The summed E-state index contributed by atoms with van der Waals surface area (Å²) in [6.45, 7) is 0.172. The van der Waals surface area contributed by atoms with E-state index in [1.807, 2.05) is 0 Å². The van der Waals surface area contributed by atoms with E-state index in [-0.39, 0.29) is 35.9 Å². The topological polar surface area (TPSA) is 137 Å². The van der Waals surface area contributed by atoms with Crippen LogP contribution >= 0.6 is 39.1 Å². The van der Waals surface area contributed by atoms with Crippen molar-refractivity contribution < 1.29 is 33.5 Å². The van der Waals surface area contributed by atoms with E-state index in [2.05, 4.69) is 21.2 Å². The second-order valence-electron chi connectivity index (χ2n) is 9.73. The zero-order chi connectivity index (χ0) is 33.0. The van der Waals surface area contributed by atoms with Crippen LogP contribution in [0.3, 0.4) is 0 Å². The van der Waals surface area contributed by atoms with Crippen LogP contribution in [0.15, 0.2) is 88.9 Å². The maximum atomic E-state index is 13.5. The summed E-state index contributed by atoms with van der Waals surface area (Å²) in [4.78, 5) is 50.4. The fourth-order valence-corrected chi connectivity index (χ4v) is 5.47. The number of carbonyl (C=O) groups is 3. The van der Waals surface area contributed by atoms with Crippen LogP contribution in [0.5, 0.6) is 17.2 Å². The van der Waals surface area contributed by atoms with Crippen LogP contribution in [0.4, 0.5) is 16.2 Å². The first kappa shape index (κ1) is 32.5. The normalized spacial score (nSPS) is 13.9. The summed E-state index contributed by atoms with van der Waals surface area (Å²) in [7, 11) is 1.41. The van der Waals surface area contributed by atoms with Crippen LogP contribution < -0.4 is 24.4 Å². The first-order chi connectivity index (χ1) is 22.0. The Bertz CT molecular complexity index is 1900. The summed E-state index contributed by atoms with van der Waals surface area (Å²) in [5, 5.41) is 14.2. The Kier molecular flexibility index (Phi) is 9.90. The monoisotopic (exact) mass is 725 g/mol. The second-order valence-corrected chi connectivity index (χ2v) is 11.4. The number of nitro benzene ring substituents is 1. The number of amides is 4. The lowest BCUT2D eigenvalue weighted by molar-refractivity contribution is -0.384. The average molecular weight is 727 g/mol. The van der Waals surface area contributed by atoms with Crippen LogP contribution in [0.25, 0.3) is 6.08 Å². The third kappa shape index (κ3) is 7.31. The summed E-state index contributed by atoms with van der Waals surface area (Å²) >= 11 is 15.6. The molecule has 1 saturated heterocycles. The minimum absolute atomic E-state index is 0.00768. The lowest BCUT2D eigenvalue weighted by atomic mass is 10.1. The number of non-ortho nitro benzene ring substituents is 1. The molecule has 11 nitrogen and oxygen atoms in total. The molecular formula is C32H22BrCl2N3O8. The number of barbiturate groups is 1. The van der Waals surface area contributed by atoms with Crippen LogP contribution in [0, 0.1) is 10.1 Å². The molecule has 0 unspecified atom stereocenters. The fourth-order valence-electron chi connectivity index (χ4n) is 4.43. The standard InChI is InChI=1S/C32H22BrCl2N3O8/c1-44-28-14-19(13-26(33)29(28)46-16-18-3-2-4-23(11-18)38(42)43)12-25-30(39)36-32(41)37(31(25)40)22-7-9-24(10-8-22)45-17-20-5-6-21(34)15-27(20)35/h2-15H,16-17H2,1H3,(H,36,39,41)/b25-12+. The van der Waals surface area contributed by atoms with Crippen molar-refractivity contribution in [2.45, 2.75) is 13.2 Å². The molecule has 5 rings (SSSR count). The van der Waals surface area contributed by atoms with Gasteiger partial charge in [-0.15, -0.1) is 0 Å². The van der Waals surface area contributed by atoms with E-state index in [1.165, 1.54) is 37.5 Å². The summed E-state index contributed by atoms with van der Waals surface area (Å²) in [6, 6.07) is 19.5. The van der Waals surface area contributed by atoms with Crippen molar-refractivity contribution in [2.24, 2.45) is 0 Å². The number of hydrogen-bond donors (Lipinski definition) is 1. The van der Waals surface area contributed by atoms with Gasteiger partial charge >= 0.3 is 6.03 Å². The minimum Gasteiger partial charge on any atom is -0.493 e. The summed E-state index contributed by atoms with van der Waals surface area (Å²) in [5.41, 5.74) is 1.52. The molecule has 0 aliphatic carbocycles. The van der Waals surface area contributed by atoms with Gasteiger partial charge in [-0.1, -0.05) is 41.4 Å². The number of carbonyl (C=O) groups excluding carboxylic acids is 3. The van der Waals surface area contributed by atoms with E-state index < -0.39 is 22.8 Å². The molecule has 1 fully saturated rings. The molecule has 4 aromatic carbocycles. The second kappa shape index (κ2) is 14.0. The van der Waals surface area contributed by atoms with E-state index in [0.29, 0.717) is 37.1 Å². The first-order valence-corrected chi connectivity index (χ1v) is 14.9. The summed E-state index contributed by atoms with van der Waals surface area (Å²) < 4.78 is 17.6. The third-order valence-corrected chi connectivity index (χ3v) is 7.85. The molecule has 0 saturated carbocycles. The number of nitrogens with zero attached hydrogens (tertiary/aromatic N) is 2.